The van der Waals surface area contributed by atoms with E-state index in [4.69, 9.17) is 17.0 Å². The van der Waals surface area contributed by atoms with Gasteiger partial charge in [0.15, 0.2) is 5.11 Å². The van der Waals surface area contributed by atoms with Gasteiger partial charge in [-0.15, -0.1) is 0 Å². The van der Waals surface area contributed by atoms with Crippen LogP contribution < -0.4 is 16.2 Å². The van der Waals surface area contributed by atoms with Crippen LogP contribution in [0, 0.1) is 0 Å². The van der Waals surface area contributed by atoms with E-state index >= 15 is 0 Å². The molecule has 0 bridgehead atoms. The molecule has 3 N–H and O–H groups in total. The second-order valence-corrected chi connectivity index (χ2v) is 6.01. The molecular formula is C17H27N3O2S. The van der Waals surface area contributed by atoms with Gasteiger partial charge in [0.25, 0.3) is 5.91 Å². The standard InChI is InChI=1S/C17H27N3O2S/c1-4-5-6-11-18-17(23)20-19-16(21)15-9-7-14(8-10-15)12-22-13(2)3/h7-10,13H,4-6,11-12H2,1-3H3,(H,19,21)(H2,18,20,23). The summed E-state index contributed by atoms with van der Waals surface area (Å²) >= 11 is 5.10. The van der Waals surface area contributed by atoms with E-state index in [1.807, 2.05) is 26.0 Å². The number of unbranched alkanes of at least 4 members (excludes halogenated alkanes) is 2. The van der Waals surface area contributed by atoms with Crippen molar-refractivity contribution in [2.24, 2.45) is 0 Å². The van der Waals surface area contributed by atoms with Crippen LogP contribution in [0.4, 0.5) is 0 Å². The van der Waals surface area contributed by atoms with Crippen LogP contribution in [0.3, 0.4) is 0 Å². The van der Waals surface area contributed by atoms with Gasteiger partial charge in [-0.1, -0.05) is 31.9 Å². The molecule has 1 aromatic carbocycles. The van der Waals surface area contributed by atoms with Crippen molar-refractivity contribution in [3.05, 3.63) is 35.4 Å². The summed E-state index contributed by atoms with van der Waals surface area (Å²) < 4.78 is 5.52. The zero-order valence-electron chi connectivity index (χ0n) is 14.1. The molecule has 0 fully saturated rings. The average molecular weight is 337 g/mol. The molecule has 5 nitrogen and oxygen atoms in total. The maximum absolute atomic E-state index is 12.0. The van der Waals surface area contributed by atoms with E-state index in [0.29, 0.717) is 17.3 Å². The topological polar surface area (TPSA) is 62.4 Å². The monoisotopic (exact) mass is 337 g/mol. The molecule has 6 heteroatoms. The van der Waals surface area contributed by atoms with E-state index in [2.05, 4.69) is 23.1 Å². The Morgan fingerprint density at radius 2 is 1.87 bits per heavy atom. The van der Waals surface area contributed by atoms with Crippen LogP contribution in [0.25, 0.3) is 0 Å². The molecule has 0 saturated heterocycles. The molecule has 0 heterocycles. The first kappa shape index (κ1) is 19.4. The van der Waals surface area contributed by atoms with Gasteiger partial charge >= 0.3 is 0 Å². The molecule has 0 spiro atoms. The Hall–Kier alpha value is -1.66. The molecule has 0 saturated carbocycles. The van der Waals surface area contributed by atoms with Crippen LogP contribution in [0.1, 0.15) is 56.0 Å². The molecule has 0 aliphatic rings. The molecule has 128 valence electrons. The third kappa shape index (κ3) is 8.52. The maximum atomic E-state index is 12.0. The number of thiocarbonyl (C=S) groups is 1. The highest BCUT2D eigenvalue weighted by molar-refractivity contribution is 7.80. The Labute approximate surface area is 144 Å². The molecule has 0 radical (unpaired) electrons. The summed E-state index contributed by atoms with van der Waals surface area (Å²) in [7, 11) is 0. The van der Waals surface area contributed by atoms with Crippen molar-refractivity contribution >= 4 is 23.2 Å². The Kier molecular flexibility index (Phi) is 9.24. The summed E-state index contributed by atoms with van der Waals surface area (Å²) in [6.07, 6.45) is 3.57. The second kappa shape index (κ2) is 11.0. The summed E-state index contributed by atoms with van der Waals surface area (Å²) in [4.78, 5) is 12.0. The largest absolute Gasteiger partial charge is 0.374 e. The number of hydrazine groups is 1. The molecule has 0 unspecified atom stereocenters. The van der Waals surface area contributed by atoms with Gasteiger partial charge in [-0.05, 0) is 50.2 Å². The van der Waals surface area contributed by atoms with Gasteiger partial charge < -0.3 is 10.1 Å². The number of rotatable bonds is 8. The third-order valence-corrected chi connectivity index (χ3v) is 3.40. The van der Waals surface area contributed by atoms with Crippen LogP contribution in [-0.2, 0) is 11.3 Å². The van der Waals surface area contributed by atoms with Gasteiger partial charge in [0.05, 0.1) is 12.7 Å². The lowest BCUT2D eigenvalue weighted by Crippen LogP contribution is -2.46. The molecule has 1 rings (SSSR count). The fourth-order valence-corrected chi connectivity index (χ4v) is 1.98. The van der Waals surface area contributed by atoms with Crippen molar-refractivity contribution in [3.63, 3.8) is 0 Å². The van der Waals surface area contributed by atoms with Crippen molar-refractivity contribution in [2.45, 2.75) is 52.7 Å². The fourth-order valence-electron chi connectivity index (χ4n) is 1.82. The van der Waals surface area contributed by atoms with Crippen molar-refractivity contribution < 1.29 is 9.53 Å². The van der Waals surface area contributed by atoms with E-state index in [-0.39, 0.29) is 12.0 Å². The molecule has 0 aliphatic heterocycles. The summed E-state index contributed by atoms with van der Waals surface area (Å²) in [6, 6.07) is 7.32. The first-order valence-corrected chi connectivity index (χ1v) is 8.48. The predicted molar refractivity (Wildman–Crippen MR) is 97.1 cm³/mol. The lowest BCUT2D eigenvalue weighted by atomic mass is 10.1. The van der Waals surface area contributed by atoms with Gasteiger partial charge in [-0.25, -0.2) is 0 Å². The van der Waals surface area contributed by atoms with E-state index < -0.39 is 0 Å². The Balaban J connectivity index is 2.32. The number of amides is 1. The van der Waals surface area contributed by atoms with Crippen LogP contribution in [0.5, 0.6) is 0 Å². The van der Waals surface area contributed by atoms with Gasteiger partial charge in [-0.2, -0.15) is 0 Å². The zero-order chi connectivity index (χ0) is 17.1. The average Bonchev–Trinajstić information content (AvgIpc) is 2.55. The number of benzene rings is 1. The summed E-state index contributed by atoms with van der Waals surface area (Å²) in [5, 5.41) is 3.48. The van der Waals surface area contributed by atoms with E-state index in [0.717, 1.165) is 31.4 Å². The number of hydrogen-bond acceptors (Lipinski definition) is 3. The first-order chi connectivity index (χ1) is 11.0. The van der Waals surface area contributed by atoms with E-state index in [9.17, 15) is 4.79 Å². The number of hydrogen-bond donors (Lipinski definition) is 3. The van der Waals surface area contributed by atoms with Gasteiger partial charge in [0.2, 0.25) is 0 Å². The summed E-state index contributed by atoms with van der Waals surface area (Å²) in [6.45, 7) is 7.49. The minimum absolute atomic E-state index is 0.188. The number of carbonyl (C=O) groups is 1. The molecule has 1 amide bonds. The van der Waals surface area contributed by atoms with Crippen molar-refractivity contribution in [2.75, 3.05) is 6.54 Å². The van der Waals surface area contributed by atoms with Gasteiger partial charge in [0, 0.05) is 12.1 Å². The third-order valence-electron chi connectivity index (χ3n) is 3.15. The SMILES string of the molecule is CCCCCNC(=S)NNC(=O)c1ccc(COC(C)C)cc1. The zero-order valence-corrected chi connectivity index (χ0v) is 15.0. The Morgan fingerprint density at radius 1 is 1.17 bits per heavy atom. The van der Waals surface area contributed by atoms with Crippen LogP contribution in [0.2, 0.25) is 0 Å². The predicted octanol–water partition coefficient (Wildman–Crippen LogP) is 2.91. The number of nitrogens with one attached hydrogen (secondary N) is 3. The molecule has 0 atom stereocenters. The minimum Gasteiger partial charge on any atom is -0.374 e. The first-order valence-electron chi connectivity index (χ1n) is 8.07. The number of carbonyl (C=O) groups excluding carboxylic acids is 1. The molecule has 0 aliphatic carbocycles. The van der Waals surface area contributed by atoms with Crippen molar-refractivity contribution in [1.29, 1.82) is 0 Å². The highest BCUT2D eigenvalue weighted by atomic mass is 32.1. The van der Waals surface area contributed by atoms with E-state index in [1.54, 1.807) is 12.1 Å². The van der Waals surface area contributed by atoms with Crippen LogP contribution in [0.15, 0.2) is 24.3 Å². The lowest BCUT2D eigenvalue weighted by molar-refractivity contribution is 0.0656. The highest BCUT2D eigenvalue weighted by Gasteiger charge is 2.06. The van der Waals surface area contributed by atoms with Gasteiger partial charge in [-0.3, -0.25) is 15.6 Å². The van der Waals surface area contributed by atoms with Gasteiger partial charge in [0.1, 0.15) is 0 Å². The van der Waals surface area contributed by atoms with Crippen LogP contribution >= 0.6 is 12.2 Å². The quantitative estimate of drug-likeness (QED) is 0.387. The minimum atomic E-state index is -0.223. The molecular weight excluding hydrogens is 310 g/mol. The van der Waals surface area contributed by atoms with Crippen LogP contribution in [-0.4, -0.2) is 23.7 Å². The molecule has 23 heavy (non-hydrogen) atoms. The molecule has 1 aromatic rings. The lowest BCUT2D eigenvalue weighted by Gasteiger charge is -2.12. The fraction of sp³-hybridized carbons (Fsp3) is 0.529. The summed E-state index contributed by atoms with van der Waals surface area (Å²) in [5.74, 6) is -0.223. The maximum Gasteiger partial charge on any atom is 0.269 e. The highest BCUT2D eigenvalue weighted by Crippen LogP contribution is 2.07. The Morgan fingerprint density at radius 3 is 2.48 bits per heavy atom. The second-order valence-electron chi connectivity index (χ2n) is 5.60. The Bertz CT molecular complexity index is 489. The smallest absolute Gasteiger partial charge is 0.269 e. The van der Waals surface area contributed by atoms with E-state index in [1.165, 1.54) is 0 Å². The van der Waals surface area contributed by atoms with Crippen molar-refractivity contribution in [3.8, 4) is 0 Å². The molecule has 0 aromatic heterocycles. The number of ether oxygens (including phenoxy) is 1. The summed E-state index contributed by atoms with van der Waals surface area (Å²) in [5.41, 5.74) is 6.90. The normalized spacial score (nSPS) is 10.4. The van der Waals surface area contributed by atoms with Crippen molar-refractivity contribution in [1.82, 2.24) is 16.2 Å².